The summed E-state index contributed by atoms with van der Waals surface area (Å²) in [6.45, 7) is 7.23. The minimum atomic E-state index is 0.0297. The molecule has 23 heavy (non-hydrogen) atoms. The quantitative estimate of drug-likeness (QED) is 0.811. The van der Waals surface area contributed by atoms with Crippen LogP contribution >= 0.6 is 0 Å². The van der Waals surface area contributed by atoms with Crippen molar-refractivity contribution in [3.8, 4) is 0 Å². The minimum Gasteiger partial charge on any atom is -0.376 e. The maximum Gasteiger partial charge on any atom is 0.239 e. The fraction of sp³-hybridized carbons (Fsp3) is 0.350. The number of amides is 1. The fourth-order valence-electron chi connectivity index (χ4n) is 2.78. The first-order valence-electron chi connectivity index (χ1n) is 8.23. The summed E-state index contributed by atoms with van der Waals surface area (Å²) in [6.07, 6.45) is 1.01. The van der Waals surface area contributed by atoms with Crippen LogP contribution in [-0.4, -0.2) is 19.0 Å². The third-order valence-electron chi connectivity index (χ3n) is 4.22. The highest BCUT2D eigenvalue weighted by Crippen LogP contribution is 2.19. The van der Waals surface area contributed by atoms with Crippen molar-refractivity contribution in [2.75, 3.05) is 18.4 Å². The Kier molecular flexibility index (Phi) is 6.21. The summed E-state index contributed by atoms with van der Waals surface area (Å²) >= 11 is 0. The molecule has 3 nitrogen and oxygen atoms in total. The van der Waals surface area contributed by atoms with E-state index in [2.05, 4.69) is 55.7 Å². The summed E-state index contributed by atoms with van der Waals surface area (Å²) in [7, 11) is 0. The second-order valence-corrected chi connectivity index (χ2v) is 5.94. The van der Waals surface area contributed by atoms with E-state index >= 15 is 0 Å². The van der Waals surface area contributed by atoms with Gasteiger partial charge in [0.1, 0.15) is 0 Å². The maximum atomic E-state index is 12.1. The third-order valence-corrected chi connectivity index (χ3v) is 4.22. The minimum absolute atomic E-state index is 0.0297. The lowest BCUT2D eigenvalue weighted by Crippen LogP contribution is -2.33. The topological polar surface area (TPSA) is 41.1 Å². The molecule has 0 aliphatic heterocycles. The van der Waals surface area contributed by atoms with Crippen molar-refractivity contribution in [2.24, 2.45) is 0 Å². The highest BCUT2D eigenvalue weighted by Gasteiger charge is 2.11. The molecule has 0 fully saturated rings. The molecule has 2 aromatic rings. The number of carbonyl (C=O) groups excluding carboxylic acids is 1. The first kappa shape index (κ1) is 17.1. The number of rotatable bonds is 7. The molecule has 1 unspecified atom stereocenters. The molecule has 1 amide bonds. The standard InChI is InChI=1S/C20H26N2O/c1-4-17(18-11-6-5-7-12-18)13-21-19(23)14-22-20-15(2)9-8-10-16(20)3/h5-12,17,22H,4,13-14H2,1-3H3,(H,21,23). The van der Waals surface area contributed by atoms with Crippen LogP contribution in [0.5, 0.6) is 0 Å². The Morgan fingerprint density at radius 3 is 2.26 bits per heavy atom. The molecule has 0 aliphatic carbocycles. The van der Waals surface area contributed by atoms with E-state index in [4.69, 9.17) is 0 Å². The van der Waals surface area contributed by atoms with Crippen molar-refractivity contribution in [3.63, 3.8) is 0 Å². The number of benzene rings is 2. The number of carbonyl (C=O) groups is 1. The van der Waals surface area contributed by atoms with E-state index in [0.29, 0.717) is 19.0 Å². The molecular formula is C20H26N2O. The van der Waals surface area contributed by atoms with Crippen LogP contribution in [0.3, 0.4) is 0 Å². The summed E-state index contributed by atoms with van der Waals surface area (Å²) in [5, 5.41) is 6.29. The monoisotopic (exact) mass is 310 g/mol. The molecular weight excluding hydrogens is 284 g/mol. The van der Waals surface area contributed by atoms with Crippen LogP contribution in [0.25, 0.3) is 0 Å². The van der Waals surface area contributed by atoms with Gasteiger partial charge in [0.15, 0.2) is 0 Å². The average molecular weight is 310 g/mol. The molecule has 0 saturated carbocycles. The predicted molar refractivity (Wildman–Crippen MR) is 96.9 cm³/mol. The Morgan fingerprint density at radius 2 is 1.65 bits per heavy atom. The zero-order chi connectivity index (χ0) is 16.7. The average Bonchev–Trinajstić information content (AvgIpc) is 2.56. The number of hydrogen-bond acceptors (Lipinski definition) is 2. The second kappa shape index (κ2) is 8.37. The van der Waals surface area contributed by atoms with Crippen molar-refractivity contribution < 1.29 is 4.79 Å². The first-order chi connectivity index (χ1) is 11.1. The van der Waals surface area contributed by atoms with Gasteiger partial charge in [-0.25, -0.2) is 0 Å². The SMILES string of the molecule is CCC(CNC(=O)CNc1c(C)cccc1C)c1ccccc1. The summed E-state index contributed by atoms with van der Waals surface area (Å²) < 4.78 is 0. The van der Waals surface area contributed by atoms with Gasteiger partial charge < -0.3 is 10.6 Å². The zero-order valence-corrected chi connectivity index (χ0v) is 14.2. The van der Waals surface area contributed by atoms with Gasteiger partial charge in [0.2, 0.25) is 5.91 Å². The van der Waals surface area contributed by atoms with E-state index in [9.17, 15) is 4.79 Å². The molecule has 0 aromatic heterocycles. The van der Waals surface area contributed by atoms with E-state index in [1.807, 2.05) is 24.3 Å². The summed E-state index contributed by atoms with van der Waals surface area (Å²) in [5.41, 5.74) is 4.65. The van der Waals surface area contributed by atoms with Crippen LogP contribution in [0.1, 0.15) is 36.0 Å². The normalized spacial score (nSPS) is 11.8. The van der Waals surface area contributed by atoms with Gasteiger partial charge in [-0.1, -0.05) is 55.5 Å². The molecule has 2 rings (SSSR count). The molecule has 0 spiro atoms. The van der Waals surface area contributed by atoms with Crippen LogP contribution in [0.2, 0.25) is 0 Å². The Balaban J connectivity index is 1.85. The molecule has 1 atom stereocenters. The summed E-state index contributed by atoms with van der Waals surface area (Å²) in [4.78, 5) is 12.1. The lowest BCUT2D eigenvalue weighted by atomic mass is 9.96. The number of nitrogens with one attached hydrogen (secondary N) is 2. The molecule has 2 N–H and O–H groups in total. The fourth-order valence-corrected chi connectivity index (χ4v) is 2.78. The Bertz CT molecular complexity index is 617. The Morgan fingerprint density at radius 1 is 1.00 bits per heavy atom. The van der Waals surface area contributed by atoms with Crippen LogP contribution in [0.4, 0.5) is 5.69 Å². The molecule has 0 bridgehead atoms. The zero-order valence-electron chi connectivity index (χ0n) is 14.2. The highest BCUT2D eigenvalue weighted by molar-refractivity contribution is 5.81. The van der Waals surface area contributed by atoms with Crippen LogP contribution in [0.15, 0.2) is 48.5 Å². The first-order valence-corrected chi connectivity index (χ1v) is 8.23. The van der Waals surface area contributed by atoms with Crippen molar-refractivity contribution in [3.05, 3.63) is 65.2 Å². The largest absolute Gasteiger partial charge is 0.376 e. The molecule has 0 heterocycles. The van der Waals surface area contributed by atoms with Crippen LogP contribution in [0, 0.1) is 13.8 Å². The van der Waals surface area contributed by atoms with Gasteiger partial charge in [-0.15, -0.1) is 0 Å². The second-order valence-electron chi connectivity index (χ2n) is 5.94. The third kappa shape index (κ3) is 4.85. The van der Waals surface area contributed by atoms with Crippen LogP contribution in [-0.2, 0) is 4.79 Å². The Labute approximate surface area is 139 Å². The smallest absolute Gasteiger partial charge is 0.239 e. The van der Waals surface area contributed by atoms with Gasteiger partial charge in [0.05, 0.1) is 6.54 Å². The number of para-hydroxylation sites is 1. The number of aryl methyl sites for hydroxylation is 2. The summed E-state index contributed by atoms with van der Waals surface area (Å²) in [5.74, 6) is 0.391. The van der Waals surface area contributed by atoms with E-state index < -0.39 is 0 Å². The lowest BCUT2D eigenvalue weighted by molar-refractivity contribution is -0.119. The predicted octanol–water partition coefficient (Wildman–Crippen LogP) is 4.03. The van der Waals surface area contributed by atoms with Crippen molar-refractivity contribution in [2.45, 2.75) is 33.1 Å². The maximum absolute atomic E-state index is 12.1. The highest BCUT2D eigenvalue weighted by atomic mass is 16.1. The molecule has 122 valence electrons. The summed E-state index contributed by atoms with van der Waals surface area (Å²) in [6, 6.07) is 16.5. The van der Waals surface area contributed by atoms with Crippen LogP contribution < -0.4 is 10.6 Å². The van der Waals surface area contributed by atoms with Gasteiger partial charge >= 0.3 is 0 Å². The number of anilines is 1. The molecule has 3 heteroatoms. The van der Waals surface area contributed by atoms with Gasteiger partial charge in [-0.3, -0.25) is 4.79 Å². The van der Waals surface area contributed by atoms with Crippen molar-refractivity contribution in [1.29, 1.82) is 0 Å². The van der Waals surface area contributed by atoms with Gasteiger partial charge in [0.25, 0.3) is 0 Å². The van der Waals surface area contributed by atoms with Gasteiger partial charge in [-0.2, -0.15) is 0 Å². The van der Waals surface area contributed by atoms with Gasteiger partial charge in [0, 0.05) is 18.2 Å². The van der Waals surface area contributed by atoms with E-state index in [1.165, 1.54) is 5.56 Å². The van der Waals surface area contributed by atoms with E-state index in [1.54, 1.807) is 0 Å². The Hall–Kier alpha value is -2.29. The molecule has 2 aromatic carbocycles. The van der Waals surface area contributed by atoms with Crippen molar-refractivity contribution in [1.82, 2.24) is 5.32 Å². The molecule has 0 saturated heterocycles. The lowest BCUT2D eigenvalue weighted by Gasteiger charge is -2.17. The number of hydrogen-bond donors (Lipinski definition) is 2. The van der Waals surface area contributed by atoms with E-state index in [0.717, 1.165) is 23.2 Å². The molecule has 0 aliphatic rings. The van der Waals surface area contributed by atoms with Crippen molar-refractivity contribution >= 4 is 11.6 Å². The molecule has 0 radical (unpaired) electrons. The van der Waals surface area contributed by atoms with Gasteiger partial charge in [-0.05, 0) is 37.0 Å². The van der Waals surface area contributed by atoms with E-state index in [-0.39, 0.29) is 5.91 Å².